The molecule has 0 aliphatic rings. The number of nitrogens with zero attached hydrogens (tertiary/aromatic N) is 3. The van der Waals surface area contributed by atoms with Crippen molar-refractivity contribution in [3.63, 3.8) is 0 Å². The smallest absolute Gasteiger partial charge is 0.141 e. The van der Waals surface area contributed by atoms with E-state index in [1.807, 2.05) is 24.3 Å². The number of anilines is 2. The van der Waals surface area contributed by atoms with Crippen LogP contribution in [0.5, 0.6) is 5.75 Å². The molecule has 0 unspecified atom stereocenters. The number of hydrogen-bond acceptors (Lipinski definition) is 6. The normalized spacial score (nSPS) is 11.0. The Hall–Kier alpha value is -3.97. The van der Waals surface area contributed by atoms with Crippen LogP contribution in [0.2, 0.25) is 5.02 Å². The van der Waals surface area contributed by atoms with Gasteiger partial charge in [-0.05, 0) is 53.6 Å². The number of benzene rings is 3. The first-order valence-corrected chi connectivity index (χ1v) is 10.4. The summed E-state index contributed by atoms with van der Waals surface area (Å²) in [5.74, 6) is 0.807. The number of hydrogen-bond donors (Lipinski definition) is 1. The van der Waals surface area contributed by atoms with Gasteiger partial charge in [-0.15, -0.1) is 0 Å². The number of ether oxygens (including phenoxy) is 1. The molecule has 1 aromatic heterocycles. The van der Waals surface area contributed by atoms with Crippen LogP contribution < -0.4 is 10.1 Å². The molecule has 4 aromatic rings. The number of oxime groups is 1. The van der Waals surface area contributed by atoms with Crippen LogP contribution in [-0.2, 0) is 11.4 Å². The van der Waals surface area contributed by atoms with E-state index >= 15 is 0 Å². The van der Waals surface area contributed by atoms with E-state index in [9.17, 15) is 4.39 Å². The van der Waals surface area contributed by atoms with Gasteiger partial charge in [-0.1, -0.05) is 47.6 Å². The van der Waals surface area contributed by atoms with Crippen LogP contribution in [0.3, 0.4) is 0 Å². The Morgan fingerprint density at radius 2 is 2.00 bits per heavy atom. The van der Waals surface area contributed by atoms with E-state index in [0.29, 0.717) is 23.2 Å². The molecule has 166 valence electrons. The Morgan fingerprint density at radius 3 is 2.82 bits per heavy atom. The number of rotatable bonds is 9. The van der Waals surface area contributed by atoms with Crippen molar-refractivity contribution >= 4 is 40.2 Å². The van der Waals surface area contributed by atoms with E-state index in [4.69, 9.17) is 21.2 Å². The van der Waals surface area contributed by atoms with Gasteiger partial charge in [-0.2, -0.15) is 0 Å². The molecule has 0 atom stereocenters. The Labute approximate surface area is 195 Å². The molecule has 1 heterocycles. The summed E-state index contributed by atoms with van der Waals surface area (Å²) in [7, 11) is 0. The monoisotopic (exact) mass is 462 g/mol. The van der Waals surface area contributed by atoms with Gasteiger partial charge in [0.05, 0.1) is 16.8 Å². The first kappa shape index (κ1) is 22.2. The zero-order valence-electron chi connectivity index (χ0n) is 17.5. The van der Waals surface area contributed by atoms with Crippen molar-refractivity contribution in [3.8, 4) is 5.75 Å². The Kier molecular flexibility index (Phi) is 7.12. The molecule has 3 aromatic carbocycles. The molecule has 0 fully saturated rings. The highest BCUT2D eigenvalue weighted by atomic mass is 35.5. The van der Waals surface area contributed by atoms with Gasteiger partial charge in [0, 0.05) is 11.1 Å². The number of fused-ring (bicyclic) bond motifs is 1. The quantitative estimate of drug-likeness (QED) is 0.137. The summed E-state index contributed by atoms with van der Waals surface area (Å²) in [6, 6.07) is 17.3. The second-order valence-corrected chi connectivity index (χ2v) is 7.41. The number of aromatic nitrogens is 2. The molecule has 8 heteroatoms. The van der Waals surface area contributed by atoms with Gasteiger partial charge in [-0.3, -0.25) is 0 Å². The topological polar surface area (TPSA) is 68.6 Å². The lowest BCUT2D eigenvalue weighted by atomic mass is 10.1. The SMILES string of the molecule is C=CCO/N=C/c1ccc2ncnc(Nc3ccc(OCc4cccc(F)c4)c(Cl)c3)c2c1. The predicted octanol–water partition coefficient (Wildman–Crippen LogP) is 6.28. The van der Waals surface area contributed by atoms with Gasteiger partial charge in [0.15, 0.2) is 0 Å². The minimum Gasteiger partial charge on any atom is -0.487 e. The lowest BCUT2D eigenvalue weighted by Crippen LogP contribution is -1.99. The van der Waals surface area contributed by atoms with E-state index in [1.165, 1.54) is 18.5 Å². The van der Waals surface area contributed by atoms with Crippen LogP contribution in [-0.4, -0.2) is 22.8 Å². The maximum absolute atomic E-state index is 13.3. The van der Waals surface area contributed by atoms with Crippen LogP contribution in [0.1, 0.15) is 11.1 Å². The summed E-state index contributed by atoms with van der Waals surface area (Å²) >= 11 is 6.41. The zero-order valence-corrected chi connectivity index (χ0v) is 18.3. The third-order valence-electron chi connectivity index (χ3n) is 4.61. The number of halogens is 2. The highest BCUT2D eigenvalue weighted by Gasteiger charge is 2.08. The molecule has 0 amide bonds. The van der Waals surface area contributed by atoms with E-state index < -0.39 is 0 Å². The van der Waals surface area contributed by atoms with Gasteiger partial charge in [0.25, 0.3) is 0 Å². The molecule has 0 bridgehead atoms. The molecule has 0 aliphatic carbocycles. The van der Waals surface area contributed by atoms with E-state index in [-0.39, 0.29) is 12.4 Å². The molecule has 33 heavy (non-hydrogen) atoms. The summed E-state index contributed by atoms with van der Waals surface area (Å²) in [6.45, 7) is 4.13. The van der Waals surface area contributed by atoms with Gasteiger partial charge in [-0.25, -0.2) is 14.4 Å². The fourth-order valence-electron chi connectivity index (χ4n) is 3.07. The molecule has 0 spiro atoms. The molecule has 0 saturated heterocycles. The molecule has 1 N–H and O–H groups in total. The first-order chi connectivity index (χ1) is 16.1. The van der Waals surface area contributed by atoms with Crippen molar-refractivity contribution in [2.75, 3.05) is 11.9 Å². The molecule has 6 nitrogen and oxygen atoms in total. The highest BCUT2D eigenvalue weighted by molar-refractivity contribution is 6.32. The average Bonchev–Trinajstić information content (AvgIpc) is 2.82. The highest BCUT2D eigenvalue weighted by Crippen LogP contribution is 2.31. The Balaban J connectivity index is 1.50. The maximum atomic E-state index is 13.3. The minimum absolute atomic E-state index is 0.210. The van der Waals surface area contributed by atoms with E-state index in [0.717, 1.165) is 27.7 Å². The summed E-state index contributed by atoms with van der Waals surface area (Å²) < 4.78 is 19.1. The lowest BCUT2D eigenvalue weighted by Gasteiger charge is -2.12. The van der Waals surface area contributed by atoms with Gasteiger partial charge in [0.1, 0.15) is 36.9 Å². The Morgan fingerprint density at radius 1 is 1.09 bits per heavy atom. The second kappa shape index (κ2) is 10.6. The van der Waals surface area contributed by atoms with E-state index in [2.05, 4.69) is 27.0 Å². The summed E-state index contributed by atoms with van der Waals surface area (Å²) in [6.07, 6.45) is 4.72. The average molecular weight is 463 g/mol. The van der Waals surface area contributed by atoms with Gasteiger partial charge in [0.2, 0.25) is 0 Å². The third kappa shape index (κ3) is 5.84. The number of nitrogens with one attached hydrogen (secondary N) is 1. The molecule has 0 saturated carbocycles. The molecular formula is C25H20ClFN4O2. The van der Waals surface area contributed by atoms with Crippen molar-refractivity contribution in [3.05, 3.63) is 102 Å². The molecule has 4 rings (SSSR count). The third-order valence-corrected chi connectivity index (χ3v) is 4.90. The van der Waals surface area contributed by atoms with Crippen molar-refractivity contribution < 1.29 is 14.0 Å². The van der Waals surface area contributed by atoms with Crippen molar-refractivity contribution in [2.24, 2.45) is 5.16 Å². The Bertz CT molecular complexity index is 1310. The van der Waals surface area contributed by atoms with Crippen LogP contribution in [0.25, 0.3) is 10.9 Å². The van der Waals surface area contributed by atoms with Crippen molar-refractivity contribution in [2.45, 2.75) is 6.61 Å². The summed E-state index contributed by atoms with van der Waals surface area (Å²) in [5, 5.41) is 8.41. The molecule has 0 aliphatic heterocycles. The van der Waals surface area contributed by atoms with Crippen LogP contribution >= 0.6 is 11.6 Å². The lowest BCUT2D eigenvalue weighted by molar-refractivity contribution is 0.176. The fourth-order valence-corrected chi connectivity index (χ4v) is 3.30. The first-order valence-electron chi connectivity index (χ1n) is 10.1. The maximum Gasteiger partial charge on any atom is 0.141 e. The largest absolute Gasteiger partial charge is 0.487 e. The minimum atomic E-state index is -0.308. The van der Waals surface area contributed by atoms with Crippen LogP contribution in [0.4, 0.5) is 15.9 Å². The summed E-state index contributed by atoms with van der Waals surface area (Å²) in [5.41, 5.74) is 3.06. The fraction of sp³-hybridized carbons (Fsp3) is 0.0800. The van der Waals surface area contributed by atoms with Crippen molar-refractivity contribution in [1.82, 2.24) is 9.97 Å². The zero-order chi connectivity index (χ0) is 23.0. The molecule has 0 radical (unpaired) electrons. The van der Waals surface area contributed by atoms with Gasteiger partial charge >= 0.3 is 0 Å². The van der Waals surface area contributed by atoms with Gasteiger partial charge < -0.3 is 14.9 Å². The summed E-state index contributed by atoms with van der Waals surface area (Å²) in [4.78, 5) is 13.7. The van der Waals surface area contributed by atoms with Crippen LogP contribution in [0, 0.1) is 5.82 Å². The molecular weight excluding hydrogens is 443 g/mol. The standard InChI is InChI=1S/C25H20ClFN4O2/c1-2-10-33-30-14-17-6-8-23-21(12-17)25(29-16-28-23)31-20-7-9-24(22(26)13-20)32-15-18-4-3-5-19(27)11-18/h2-9,11-14,16H,1,10,15H2,(H,28,29,31)/b30-14+. The van der Waals surface area contributed by atoms with E-state index in [1.54, 1.807) is 36.6 Å². The second-order valence-electron chi connectivity index (χ2n) is 7.01. The predicted molar refractivity (Wildman–Crippen MR) is 129 cm³/mol. The van der Waals surface area contributed by atoms with Crippen molar-refractivity contribution in [1.29, 1.82) is 0 Å². The van der Waals surface area contributed by atoms with Crippen LogP contribution in [0.15, 0.2) is 84.8 Å².